The van der Waals surface area contributed by atoms with Crippen molar-refractivity contribution in [1.82, 2.24) is 15.3 Å². The Kier molecular flexibility index (Phi) is 7.21. The molecule has 154 valence electrons. The molecule has 0 atom stereocenters. The van der Waals surface area contributed by atoms with Crippen LogP contribution in [0.1, 0.15) is 62.0 Å². The zero-order valence-corrected chi connectivity index (χ0v) is 16.3. The molecule has 4 nitrogen and oxygen atoms in total. The summed E-state index contributed by atoms with van der Waals surface area (Å²) in [6, 6.07) is 9.16. The third-order valence-corrected chi connectivity index (χ3v) is 5.26. The fraction of sp³-hybridized carbons (Fsp3) is 0.500. The number of hydrogen-bond acceptors (Lipinski definition) is 4. The Morgan fingerprint density at radius 3 is 2.52 bits per heavy atom. The van der Waals surface area contributed by atoms with Gasteiger partial charge in [0.1, 0.15) is 6.07 Å². The molecule has 1 aromatic carbocycles. The number of benzene rings is 1. The van der Waals surface area contributed by atoms with E-state index in [4.69, 9.17) is 0 Å². The number of hydrogen-bond donors (Lipinski definition) is 1. The van der Waals surface area contributed by atoms with Crippen LogP contribution in [0.2, 0.25) is 0 Å². The second kappa shape index (κ2) is 9.84. The lowest BCUT2D eigenvalue weighted by Gasteiger charge is -2.16. The highest BCUT2D eigenvalue weighted by Crippen LogP contribution is 2.31. The number of nitrogens with zero attached hydrogens (tertiary/aromatic N) is 3. The van der Waals surface area contributed by atoms with Gasteiger partial charge in [0, 0.05) is 17.3 Å². The molecule has 29 heavy (non-hydrogen) atoms. The molecule has 1 N–H and O–H groups in total. The Morgan fingerprint density at radius 2 is 1.83 bits per heavy atom. The minimum Gasteiger partial charge on any atom is -0.314 e. The van der Waals surface area contributed by atoms with Crippen LogP contribution in [0.5, 0.6) is 0 Å². The average Bonchev–Trinajstić information content (AvgIpc) is 2.99. The maximum absolute atomic E-state index is 13.0. The van der Waals surface area contributed by atoms with Gasteiger partial charge in [0.15, 0.2) is 0 Å². The smallest absolute Gasteiger partial charge is 0.314 e. The van der Waals surface area contributed by atoms with E-state index in [9.17, 15) is 18.4 Å². The van der Waals surface area contributed by atoms with Crippen molar-refractivity contribution in [3.8, 4) is 17.3 Å². The molecule has 0 aliphatic heterocycles. The molecule has 2 aromatic rings. The van der Waals surface area contributed by atoms with Crippen LogP contribution in [0.25, 0.3) is 11.3 Å². The number of halogens is 3. The lowest BCUT2D eigenvalue weighted by atomic mass is 10.1. The van der Waals surface area contributed by atoms with Crippen molar-refractivity contribution >= 4 is 0 Å². The molecule has 0 bridgehead atoms. The van der Waals surface area contributed by atoms with Crippen LogP contribution in [0.4, 0.5) is 13.2 Å². The van der Waals surface area contributed by atoms with Gasteiger partial charge in [-0.1, -0.05) is 37.8 Å². The summed E-state index contributed by atoms with van der Waals surface area (Å²) < 4.78 is 39.0. The van der Waals surface area contributed by atoms with Crippen LogP contribution in [-0.4, -0.2) is 22.6 Å². The van der Waals surface area contributed by atoms with E-state index in [1.165, 1.54) is 44.6 Å². The lowest BCUT2D eigenvalue weighted by Crippen LogP contribution is -2.29. The number of nitrogens with one attached hydrogen (secondary N) is 1. The van der Waals surface area contributed by atoms with Crippen molar-refractivity contribution in [2.24, 2.45) is 0 Å². The number of aryl methyl sites for hydroxylation is 1. The normalized spacial score (nSPS) is 15.7. The van der Waals surface area contributed by atoms with Crippen molar-refractivity contribution in [3.05, 3.63) is 47.4 Å². The molecule has 1 aliphatic carbocycles. The minimum atomic E-state index is -4.42. The zero-order valence-electron chi connectivity index (χ0n) is 16.3. The number of aromatic nitrogens is 2. The predicted molar refractivity (Wildman–Crippen MR) is 105 cm³/mol. The first-order chi connectivity index (χ1) is 14.0. The van der Waals surface area contributed by atoms with Gasteiger partial charge in [-0.15, -0.1) is 0 Å². The molecule has 1 heterocycles. The largest absolute Gasteiger partial charge is 0.416 e. The summed E-state index contributed by atoms with van der Waals surface area (Å²) in [6.07, 6.45) is 4.67. The Labute approximate surface area is 169 Å². The highest BCUT2D eigenvalue weighted by Gasteiger charge is 2.30. The Balaban J connectivity index is 1.67. The van der Waals surface area contributed by atoms with E-state index in [1.807, 2.05) is 6.07 Å². The molecule has 0 amide bonds. The number of alkyl halides is 3. The first-order valence-electron chi connectivity index (χ1n) is 10.1. The van der Waals surface area contributed by atoms with Crippen LogP contribution >= 0.6 is 0 Å². The standard InChI is InChI=1S/C22H25F3N4/c23-22(24,25)17-8-5-7-16(13-17)20-14-19(28-21(15-26)29-20)11-6-12-27-18-9-3-1-2-4-10-18/h5,7-8,13-14,18,27H,1-4,6,9-12H2. The molecule has 1 fully saturated rings. The van der Waals surface area contributed by atoms with E-state index in [1.54, 1.807) is 12.1 Å². The highest BCUT2D eigenvalue weighted by atomic mass is 19.4. The van der Waals surface area contributed by atoms with Crippen LogP contribution < -0.4 is 5.32 Å². The van der Waals surface area contributed by atoms with Gasteiger partial charge in [0.2, 0.25) is 5.82 Å². The summed E-state index contributed by atoms with van der Waals surface area (Å²) in [6.45, 7) is 0.857. The van der Waals surface area contributed by atoms with E-state index in [2.05, 4.69) is 15.3 Å². The van der Waals surface area contributed by atoms with Gasteiger partial charge < -0.3 is 5.32 Å². The fourth-order valence-corrected chi connectivity index (χ4v) is 3.74. The van der Waals surface area contributed by atoms with Crippen molar-refractivity contribution in [3.63, 3.8) is 0 Å². The van der Waals surface area contributed by atoms with Gasteiger partial charge in [-0.25, -0.2) is 9.97 Å². The van der Waals surface area contributed by atoms with E-state index < -0.39 is 11.7 Å². The van der Waals surface area contributed by atoms with E-state index >= 15 is 0 Å². The van der Waals surface area contributed by atoms with Gasteiger partial charge in [-0.3, -0.25) is 0 Å². The average molecular weight is 402 g/mol. The van der Waals surface area contributed by atoms with Crippen LogP contribution in [0.15, 0.2) is 30.3 Å². The van der Waals surface area contributed by atoms with Crippen molar-refractivity contribution in [2.75, 3.05) is 6.54 Å². The SMILES string of the molecule is N#Cc1nc(CCCNC2CCCCCC2)cc(-c2cccc(C(F)(F)F)c2)n1. The van der Waals surface area contributed by atoms with Crippen molar-refractivity contribution in [2.45, 2.75) is 63.6 Å². The second-order valence-corrected chi connectivity index (χ2v) is 7.50. The van der Waals surface area contributed by atoms with Gasteiger partial charge in [-0.05, 0) is 50.4 Å². The second-order valence-electron chi connectivity index (χ2n) is 7.50. The highest BCUT2D eigenvalue weighted by molar-refractivity contribution is 5.61. The zero-order chi connectivity index (χ0) is 20.7. The maximum atomic E-state index is 13.0. The molecule has 3 rings (SSSR count). The summed E-state index contributed by atoms with van der Waals surface area (Å²) in [5, 5.41) is 12.8. The molecule has 0 radical (unpaired) electrons. The van der Waals surface area contributed by atoms with Crippen molar-refractivity contribution in [1.29, 1.82) is 5.26 Å². The van der Waals surface area contributed by atoms with Gasteiger partial charge in [0.05, 0.1) is 11.3 Å². The Morgan fingerprint density at radius 1 is 1.07 bits per heavy atom. The summed E-state index contributed by atoms with van der Waals surface area (Å²) in [5.74, 6) is -0.0216. The third-order valence-electron chi connectivity index (χ3n) is 5.26. The minimum absolute atomic E-state index is 0.0216. The Bertz CT molecular complexity index is 850. The van der Waals surface area contributed by atoms with E-state index in [-0.39, 0.29) is 5.82 Å². The number of rotatable bonds is 6. The maximum Gasteiger partial charge on any atom is 0.416 e. The predicted octanol–water partition coefficient (Wildman–Crippen LogP) is 5.28. The summed E-state index contributed by atoms with van der Waals surface area (Å²) in [4.78, 5) is 8.33. The molecular formula is C22H25F3N4. The van der Waals surface area contributed by atoms with E-state index in [0.717, 1.165) is 25.1 Å². The molecule has 0 unspecified atom stereocenters. The van der Waals surface area contributed by atoms with Crippen LogP contribution in [0, 0.1) is 11.3 Å². The molecule has 1 aliphatic rings. The van der Waals surface area contributed by atoms with Gasteiger partial charge >= 0.3 is 6.18 Å². The molecule has 0 saturated heterocycles. The molecule has 0 spiro atoms. The monoisotopic (exact) mass is 402 g/mol. The first-order valence-corrected chi connectivity index (χ1v) is 10.1. The summed E-state index contributed by atoms with van der Waals surface area (Å²) in [7, 11) is 0. The molecule has 1 aromatic heterocycles. The Hall–Kier alpha value is -2.46. The lowest BCUT2D eigenvalue weighted by molar-refractivity contribution is -0.137. The van der Waals surface area contributed by atoms with Gasteiger partial charge in [0.25, 0.3) is 0 Å². The van der Waals surface area contributed by atoms with Gasteiger partial charge in [-0.2, -0.15) is 18.4 Å². The third kappa shape index (κ3) is 6.26. The fourth-order valence-electron chi connectivity index (χ4n) is 3.74. The van der Waals surface area contributed by atoms with E-state index in [0.29, 0.717) is 29.4 Å². The van der Waals surface area contributed by atoms with Crippen LogP contribution in [-0.2, 0) is 12.6 Å². The quantitative estimate of drug-likeness (QED) is 0.528. The first kappa shape index (κ1) is 21.3. The van der Waals surface area contributed by atoms with Crippen molar-refractivity contribution < 1.29 is 13.2 Å². The molecular weight excluding hydrogens is 377 g/mol. The molecule has 1 saturated carbocycles. The number of nitriles is 1. The molecule has 7 heteroatoms. The topological polar surface area (TPSA) is 61.6 Å². The van der Waals surface area contributed by atoms with Crippen LogP contribution in [0.3, 0.4) is 0 Å². The summed E-state index contributed by atoms with van der Waals surface area (Å²) >= 11 is 0. The summed E-state index contributed by atoms with van der Waals surface area (Å²) in [5.41, 5.74) is 0.610.